The number of sulfonamides is 1. The number of halogens is 2. The van der Waals surface area contributed by atoms with E-state index in [4.69, 9.17) is 27.9 Å². The molecule has 1 atom stereocenters. The lowest BCUT2D eigenvalue weighted by Gasteiger charge is -2.34. The van der Waals surface area contributed by atoms with E-state index in [0.717, 1.165) is 15.4 Å². The van der Waals surface area contributed by atoms with Gasteiger partial charge >= 0.3 is 0 Å². The Morgan fingerprint density at radius 3 is 2.16 bits per heavy atom. The third-order valence-corrected chi connectivity index (χ3v) is 9.30. The van der Waals surface area contributed by atoms with Crippen LogP contribution in [0.4, 0.5) is 5.69 Å². The SMILES string of the molecule is CNC(=O)C(Cc1ccccc1)N(Cc1cccc(Cl)c1)C(=O)CN(c1cc(Cl)ccc1OC)S(=O)(=O)c1ccc(C)cc1. The van der Waals surface area contributed by atoms with Crippen molar-refractivity contribution in [2.45, 2.75) is 30.8 Å². The molecule has 11 heteroatoms. The molecule has 1 unspecified atom stereocenters. The molecular formula is C33H33Cl2N3O5S. The Morgan fingerprint density at radius 2 is 1.52 bits per heavy atom. The summed E-state index contributed by atoms with van der Waals surface area (Å²) in [6, 6.07) is 26.1. The maximum absolute atomic E-state index is 14.4. The predicted molar refractivity (Wildman–Crippen MR) is 174 cm³/mol. The number of methoxy groups -OCH3 is 1. The van der Waals surface area contributed by atoms with Crippen molar-refractivity contribution in [1.82, 2.24) is 10.2 Å². The summed E-state index contributed by atoms with van der Waals surface area (Å²) in [6.07, 6.45) is 0.192. The van der Waals surface area contributed by atoms with Crippen LogP contribution < -0.4 is 14.4 Å². The van der Waals surface area contributed by atoms with E-state index in [1.54, 1.807) is 42.5 Å². The number of rotatable bonds is 12. The summed E-state index contributed by atoms with van der Waals surface area (Å²) in [5.41, 5.74) is 2.44. The Hall–Kier alpha value is -4.05. The van der Waals surface area contributed by atoms with Crippen LogP contribution >= 0.6 is 23.2 Å². The lowest BCUT2D eigenvalue weighted by atomic mass is 10.0. The summed E-state index contributed by atoms with van der Waals surface area (Å²) in [4.78, 5) is 29.1. The van der Waals surface area contributed by atoms with Crippen LogP contribution in [0, 0.1) is 6.92 Å². The summed E-state index contributed by atoms with van der Waals surface area (Å²) in [7, 11) is -1.42. The maximum Gasteiger partial charge on any atom is 0.264 e. The van der Waals surface area contributed by atoms with Gasteiger partial charge in [-0.25, -0.2) is 8.42 Å². The number of aryl methyl sites for hydroxylation is 1. The number of likely N-dealkylation sites (N-methyl/N-ethyl adjacent to an activating group) is 1. The molecule has 0 radical (unpaired) electrons. The molecule has 4 rings (SSSR count). The summed E-state index contributed by atoms with van der Waals surface area (Å²) in [5, 5.41) is 3.37. The molecule has 1 N–H and O–H groups in total. The molecule has 2 amide bonds. The van der Waals surface area contributed by atoms with Gasteiger partial charge in [-0.15, -0.1) is 0 Å². The number of amides is 2. The minimum absolute atomic E-state index is 0.00455. The Kier molecular flexibility index (Phi) is 10.9. The van der Waals surface area contributed by atoms with Crippen LogP contribution in [0.5, 0.6) is 5.75 Å². The van der Waals surface area contributed by atoms with Crippen LogP contribution in [0.15, 0.2) is 102 Å². The number of hydrogen-bond donors (Lipinski definition) is 1. The van der Waals surface area contributed by atoms with E-state index in [-0.39, 0.29) is 34.3 Å². The number of carbonyl (C=O) groups is 2. The van der Waals surface area contributed by atoms with Gasteiger partial charge in [-0.1, -0.05) is 83.4 Å². The van der Waals surface area contributed by atoms with Gasteiger partial charge in [0.2, 0.25) is 11.8 Å². The quantitative estimate of drug-likeness (QED) is 0.206. The van der Waals surface area contributed by atoms with Gasteiger partial charge in [0.15, 0.2) is 0 Å². The monoisotopic (exact) mass is 653 g/mol. The van der Waals surface area contributed by atoms with E-state index in [2.05, 4.69) is 5.32 Å². The first kappa shape index (κ1) is 32.9. The number of nitrogens with one attached hydrogen (secondary N) is 1. The second-order valence-electron chi connectivity index (χ2n) is 10.1. The zero-order valence-corrected chi connectivity index (χ0v) is 26.9. The molecule has 0 aliphatic rings. The fraction of sp³-hybridized carbons (Fsp3) is 0.212. The lowest BCUT2D eigenvalue weighted by molar-refractivity contribution is -0.139. The summed E-state index contributed by atoms with van der Waals surface area (Å²) < 4.78 is 34.9. The van der Waals surface area contributed by atoms with Crippen molar-refractivity contribution >= 4 is 50.7 Å². The van der Waals surface area contributed by atoms with Crippen LogP contribution in [-0.2, 0) is 32.6 Å². The number of anilines is 1. The van der Waals surface area contributed by atoms with Gasteiger partial charge in [0.1, 0.15) is 18.3 Å². The molecule has 8 nitrogen and oxygen atoms in total. The molecule has 0 bridgehead atoms. The van der Waals surface area contributed by atoms with Crippen LogP contribution in [-0.4, -0.2) is 51.9 Å². The number of hydrogen-bond acceptors (Lipinski definition) is 5. The highest BCUT2D eigenvalue weighted by Gasteiger charge is 2.35. The number of benzene rings is 4. The molecular weight excluding hydrogens is 621 g/mol. The summed E-state index contributed by atoms with van der Waals surface area (Å²) in [6.45, 7) is 1.20. The molecule has 4 aromatic rings. The zero-order valence-electron chi connectivity index (χ0n) is 24.5. The molecule has 0 aliphatic heterocycles. The van der Waals surface area contributed by atoms with Crippen molar-refractivity contribution in [3.8, 4) is 5.75 Å². The van der Waals surface area contributed by atoms with Gasteiger partial charge in [0.25, 0.3) is 10.0 Å². The van der Waals surface area contributed by atoms with E-state index in [0.29, 0.717) is 10.6 Å². The molecule has 0 saturated heterocycles. The van der Waals surface area contributed by atoms with Crippen molar-refractivity contribution in [2.24, 2.45) is 0 Å². The first-order valence-corrected chi connectivity index (χ1v) is 16.0. The topological polar surface area (TPSA) is 96.0 Å². The third-order valence-electron chi connectivity index (χ3n) is 7.06. The Balaban J connectivity index is 1.84. The molecule has 0 saturated carbocycles. The number of carbonyl (C=O) groups excluding carboxylic acids is 2. The molecule has 0 aliphatic carbocycles. The Morgan fingerprint density at radius 1 is 0.864 bits per heavy atom. The van der Waals surface area contributed by atoms with Gasteiger partial charge in [0.05, 0.1) is 17.7 Å². The van der Waals surface area contributed by atoms with Gasteiger partial charge < -0.3 is 15.0 Å². The summed E-state index contributed by atoms with van der Waals surface area (Å²) in [5.74, 6) is -0.823. The molecule has 0 heterocycles. The van der Waals surface area contributed by atoms with Crippen molar-refractivity contribution in [3.05, 3.63) is 124 Å². The molecule has 44 heavy (non-hydrogen) atoms. The van der Waals surface area contributed by atoms with E-state index in [1.807, 2.05) is 37.3 Å². The van der Waals surface area contributed by atoms with Crippen LogP contribution in [0.2, 0.25) is 10.0 Å². The largest absolute Gasteiger partial charge is 0.495 e. The van der Waals surface area contributed by atoms with Gasteiger partial charge in [-0.3, -0.25) is 13.9 Å². The smallest absolute Gasteiger partial charge is 0.264 e. The Bertz CT molecular complexity index is 1720. The van der Waals surface area contributed by atoms with E-state index in [1.165, 1.54) is 43.3 Å². The van der Waals surface area contributed by atoms with Crippen LogP contribution in [0.25, 0.3) is 0 Å². The average molecular weight is 655 g/mol. The van der Waals surface area contributed by atoms with Crippen LogP contribution in [0.1, 0.15) is 16.7 Å². The molecule has 0 fully saturated rings. The van der Waals surface area contributed by atoms with Crippen molar-refractivity contribution in [1.29, 1.82) is 0 Å². The van der Waals surface area contributed by atoms with Crippen molar-refractivity contribution in [3.63, 3.8) is 0 Å². The highest BCUT2D eigenvalue weighted by atomic mass is 35.5. The van der Waals surface area contributed by atoms with E-state index in [9.17, 15) is 18.0 Å². The van der Waals surface area contributed by atoms with Gasteiger partial charge in [0, 0.05) is 30.1 Å². The normalized spacial score (nSPS) is 11.8. The molecule has 0 spiro atoms. The highest BCUT2D eigenvalue weighted by molar-refractivity contribution is 7.92. The maximum atomic E-state index is 14.4. The lowest BCUT2D eigenvalue weighted by Crippen LogP contribution is -2.53. The Labute approximate surface area is 268 Å². The van der Waals surface area contributed by atoms with Crippen LogP contribution in [0.3, 0.4) is 0 Å². The second-order valence-corrected chi connectivity index (χ2v) is 12.8. The van der Waals surface area contributed by atoms with Gasteiger partial charge in [-0.05, 0) is 60.5 Å². The first-order chi connectivity index (χ1) is 21.0. The predicted octanol–water partition coefficient (Wildman–Crippen LogP) is 5.89. The number of nitrogens with zero attached hydrogens (tertiary/aromatic N) is 2. The first-order valence-electron chi connectivity index (χ1n) is 13.8. The zero-order chi connectivity index (χ0) is 31.9. The number of ether oxygens (including phenoxy) is 1. The minimum atomic E-state index is -4.31. The van der Waals surface area contributed by atoms with Crippen molar-refractivity contribution < 1.29 is 22.7 Å². The minimum Gasteiger partial charge on any atom is -0.495 e. The van der Waals surface area contributed by atoms with Gasteiger partial charge in [-0.2, -0.15) is 0 Å². The molecule has 0 aromatic heterocycles. The second kappa shape index (κ2) is 14.6. The third kappa shape index (κ3) is 7.91. The average Bonchev–Trinajstić information content (AvgIpc) is 3.01. The molecule has 230 valence electrons. The standard InChI is InChI=1S/C33H33Cl2N3O5S/c1-23-12-15-28(16-13-23)44(41,42)38(29-20-27(35)14-17-31(29)43-3)22-32(39)37(21-25-10-7-11-26(34)18-25)30(33(40)36-2)19-24-8-5-4-6-9-24/h4-18,20,30H,19,21-22H2,1-3H3,(H,36,40). The fourth-order valence-corrected chi connectivity index (χ4v) is 6.56. The molecule has 4 aromatic carbocycles. The van der Waals surface area contributed by atoms with E-state index >= 15 is 0 Å². The van der Waals surface area contributed by atoms with Crippen molar-refractivity contribution in [2.75, 3.05) is 25.0 Å². The highest BCUT2D eigenvalue weighted by Crippen LogP contribution is 2.35. The van der Waals surface area contributed by atoms with E-state index < -0.39 is 34.4 Å². The fourth-order valence-electron chi connectivity index (χ4n) is 4.76. The summed E-state index contributed by atoms with van der Waals surface area (Å²) >= 11 is 12.6.